The molecule has 0 N–H and O–H groups in total. The van der Waals surface area contributed by atoms with E-state index in [2.05, 4.69) is 0 Å². The first-order valence-electron chi connectivity index (χ1n) is 0. The van der Waals surface area contributed by atoms with Crippen molar-refractivity contribution in [2.45, 2.75) is 0 Å². The second-order valence-corrected chi connectivity index (χ2v) is 0. The van der Waals surface area contributed by atoms with E-state index in [-0.39, 0.29) is 91.9 Å². The van der Waals surface area contributed by atoms with Crippen molar-refractivity contribution in [3.63, 3.8) is 0 Å². The molecule has 0 heterocycles. The van der Waals surface area contributed by atoms with Gasteiger partial charge < -0.3 is 18.8 Å². The Morgan fingerprint density at radius 2 is 0.500 bits per heavy atom. The van der Waals surface area contributed by atoms with E-state index in [0.717, 1.165) is 0 Å². The first-order chi connectivity index (χ1) is 0. The first kappa shape index (κ1) is 94.1. The summed E-state index contributed by atoms with van der Waals surface area (Å²) in [6, 6.07) is 0. The Kier molecular flexibility index (Phi) is 953. The van der Waals surface area contributed by atoms with Crippen LogP contribution in [0.4, 0.5) is 0 Å². The molecule has 0 rings (SSSR count). The molecular formula is HF4KTi. The van der Waals surface area contributed by atoms with Gasteiger partial charge in [-0.3, -0.25) is 0 Å². The molecule has 6 heavy (non-hydrogen) atoms. The van der Waals surface area contributed by atoms with Crippen LogP contribution >= 0.6 is 0 Å². The molecule has 0 aliphatic heterocycles. The summed E-state index contributed by atoms with van der Waals surface area (Å²) in [6.45, 7) is 0. The third kappa shape index (κ3) is 36.4. The average molecular weight is 164 g/mol. The quantitative estimate of drug-likeness (QED) is 0.246. The maximum Gasteiger partial charge on any atom is 4.00 e. The Bertz CT molecular complexity index is 7.51. The summed E-state index contributed by atoms with van der Waals surface area (Å²) in [5.41, 5.74) is 0. The molecule has 0 aliphatic carbocycles. The van der Waals surface area contributed by atoms with E-state index in [4.69, 9.17) is 0 Å². The van der Waals surface area contributed by atoms with Crippen LogP contribution in [0.2, 0.25) is 0 Å². The number of hydrogen-bond acceptors (Lipinski definition) is 0. The van der Waals surface area contributed by atoms with Crippen molar-refractivity contribution >= 4 is 51.4 Å². The van der Waals surface area contributed by atoms with Crippen LogP contribution in [0.5, 0.6) is 0 Å². The van der Waals surface area contributed by atoms with Crippen molar-refractivity contribution in [1.82, 2.24) is 0 Å². The molecule has 0 unspecified atom stereocenters. The van der Waals surface area contributed by atoms with Crippen LogP contribution in [-0.4, -0.2) is 51.4 Å². The van der Waals surface area contributed by atoms with Gasteiger partial charge in [0.1, 0.15) is 0 Å². The average Bonchev–Trinajstić information content (AvgIpc) is 0. The summed E-state index contributed by atoms with van der Waals surface area (Å²) in [5.74, 6) is 0. The minimum absolute atomic E-state index is 0. The van der Waals surface area contributed by atoms with Crippen molar-refractivity contribution in [3.8, 4) is 0 Å². The van der Waals surface area contributed by atoms with Gasteiger partial charge in [0.2, 0.25) is 0 Å². The number of halogens is 4. The topological polar surface area (TPSA) is 0 Å². The molecule has 0 atom stereocenters. The third-order valence-corrected chi connectivity index (χ3v) is 0. The molecule has 0 fully saturated rings. The second kappa shape index (κ2) is 60.8. The summed E-state index contributed by atoms with van der Waals surface area (Å²) in [7, 11) is 0. The van der Waals surface area contributed by atoms with E-state index in [9.17, 15) is 0 Å². The molecule has 0 saturated heterocycles. The summed E-state index contributed by atoms with van der Waals surface area (Å²) in [6.07, 6.45) is 0. The largest absolute Gasteiger partial charge is 4.00 e. The Balaban J connectivity index is 0. The minimum atomic E-state index is 0. The molecule has 34 valence electrons. The summed E-state index contributed by atoms with van der Waals surface area (Å²) in [4.78, 5) is 0. The standard InChI is InChI=1S/4FH.K.Ti.H/h4*1H;;;/q;;;;;+4;/p-4. The zero-order valence-electron chi connectivity index (χ0n) is 2.01. The number of hydrogen-bond donors (Lipinski definition) is 0. The van der Waals surface area contributed by atoms with Crippen LogP contribution < -0.4 is 18.8 Å². The Hall–Kier alpha value is 2.07. The van der Waals surface area contributed by atoms with Gasteiger partial charge >= 0.3 is 73.1 Å². The summed E-state index contributed by atoms with van der Waals surface area (Å²) in [5, 5.41) is 0. The summed E-state index contributed by atoms with van der Waals surface area (Å²) < 4.78 is 0. The molecule has 6 heteroatoms. The molecular weight excluding hydrogens is 163 g/mol. The van der Waals surface area contributed by atoms with E-state index in [1.807, 2.05) is 0 Å². The SMILES string of the molecule is [F-].[F-].[F-].[F-].[KH].[Ti+4]. The smallest absolute Gasteiger partial charge is 4.00 e. The van der Waals surface area contributed by atoms with E-state index in [1.54, 1.807) is 0 Å². The van der Waals surface area contributed by atoms with Crippen LogP contribution in [0.15, 0.2) is 0 Å². The molecule has 0 spiro atoms. The Labute approximate surface area is 90.2 Å². The first-order valence-corrected chi connectivity index (χ1v) is 0. The Morgan fingerprint density at radius 3 is 0.500 bits per heavy atom. The fourth-order valence-electron chi connectivity index (χ4n) is 0. The van der Waals surface area contributed by atoms with Crippen LogP contribution in [0.3, 0.4) is 0 Å². The van der Waals surface area contributed by atoms with Gasteiger partial charge in [0.05, 0.1) is 0 Å². The molecule has 0 nitrogen and oxygen atoms in total. The van der Waals surface area contributed by atoms with Crippen LogP contribution in [0.1, 0.15) is 0 Å². The van der Waals surface area contributed by atoms with E-state index < -0.39 is 0 Å². The van der Waals surface area contributed by atoms with Crippen molar-refractivity contribution in [2.24, 2.45) is 0 Å². The molecule has 0 amide bonds. The van der Waals surface area contributed by atoms with Crippen molar-refractivity contribution in [1.29, 1.82) is 0 Å². The van der Waals surface area contributed by atoms with E-state index in [0.29, 0.717) is 0 Å². The second-order valence-electron chi connectivity index (χ2n) is 0. The predicted octanol–water partition coefficient (Wildman–Crippen LogP) is -12.6. The Morgan fingerprint density at radius 1 is 0.500 bits per heavy atom. The fraction of sp³-hybridized carbons (Fsp3) is 0. The van der Waals surface area contributed by atoms with Gasteiger partial charge in [-0.25, -0.2) is 0 Å². The van der Waals surface area contributed by atoms with Crippen LogP contribution in [0, 0.1) is 0 Å². The minimum Gasteiger partial charge on any atom is 4.00 e. The molecule has 0 saturated carbocycles. The van der Waals surface area contributed by atoms with Crippen molar-refractivity contribution < 1.29 is 40.5 Å². The van der Waals surface area contributed by atoms with Gasteiger partial charge in [-0.05, 0) is 0 Å². The molecule has 0 aromatic rings. The molecule has 0 aromatic heterocycles. The monoisotopic (exact) mass is 164 g/mol. The third-order valence-electron chi connectivity index (χ3n) is 0. The maximum atomic E-state index is 0. The van der Waals surface area contributed by atoms with Crippen LogP contribution in [0.25, 0.3) is 0 Å². The zero-order chi connectivity index (χ0) is 0. The summed E-state index contributed by atoms with van der Waals surface area (Å²) >= 11 is 0. The van der Waals surface area contributed by atoms with Gasteiger partial charge in [0.25, 0.3) is 0 Å². The van der Waals surface area contributed by atoms with Gasteiger partial charge in [-0.1, -0.05) is 0 Å². The van der Waals surface area contributed by atoms with Gasteiger partial charge in [0.15, 0.2) is 0 Å². The molecule has 0 bridgehead atoms. The van der Waals surface area contributed by atoms with Crippen molar-refractivity contribution in [2.75, 3.05) is 0 Å². The number of rotatable bonds is 0. The zero-order valence-corrected chi connectivity index (χ0v) is 3.57. The predicted molar refractivity (Wildman–Crippen MR) is 7.15 cm³/mol. The van der Waals surface area contributed by atoms with Crippen LogP contribution in [-0.2, 0) is 21.7 Å². The van der Waals surface area contributed by atoms with E-state index in [1.165, 1.54) is 0 Å². The molecule has 0 aromatic carbocycles. The molecule has 0 aliphatic rings. The normalized spacial score (nSPS) is 0. The molecule has 0 radical (unpaired) electrons. The fourth-order valence-corrected chi connectivity index (χ4v) is 0. The van der Waals surface area contributed by atoms with Crippen molar-refractivity contribution in [3.05, 3.63) is 0 Å². The van der Waals surface area contributed by atoms with Gasteiger partial charge in [0, 0.05) is 0 Å². The van der Waals surface area contributed by atoms with Gasteiger partial charge in [-0.15, -0.1) is 0 Å². The van der Waals surface area contributed by atoms with E-state index >= 15 is 0 Å². The van der Waals surface area contributed by atoms with Gasteiger partial charge in [-0.2, -0.15) is 0 Å². The maximum absolute atomic E-state index is 0.